The molecule has 1 fully saturated rings. The van der Waals surface area contributed by atoms with Gasteiger partial charge in [-0.15, -0.1) is 0 Å². The quantitative estimate of drug-likeness (QED) is 0.542. The second-order valence-electron chi connectivity index (χ2n) is 8.56. The molecule has 2 amide bonds. The molecule has 0 saturated carbocycles. The Bertz CT molecular complexity index is 1260. The van der Waals surface area contributed by atoms with Crippen LogP contribution in [0, 0.1) is 0 Å². The Balaban J connectivity index is 1.46. The van der Waals surface area contributed by atoms with E-state index in [1.54, 1.807) is 12.1 Å². The first-order valence-electron chi connectivity index (χ1n) is 11.3. The van der Waals surface area contributed by atoms with Crippen molar-refractivity contribution in [2.24, 2.45) is 0 Å². The number of piperazine rings is 1. The molecule has 2 N–H and O–H groups in total. The third-order valence-electron chi connectivity index (χ3n) is 6.23. The maximum atomic E-state index is 13.0. The van der Waals surface area contributed by atoms with Crippen LogP contribution in [0.5, 0.6) is 0 Å². The summed E-state index contributed by atoms with van der Waals surface area (Å²) in [5.74, 6) is -0.146. The number of nitrogens with one attached hydrogen (secondary N) is 2. The van der Waals surface area contributed by atoms with Crippen LogP contribution < -0.4 is 10.6 Å². The number of carbonyl (C=O) groups excluding carboxylic acids is 2. The SMILES string of the molecule is CN1CCN(C(=O)c2ccc(N/C(=C3\C(=O)Nc4cc(Cl)ccc43)c3ccccc3)cc2)CC1. The summed E-state index contributed by atoms with van der Waals surface area (Å²) in [6, 6.07) is 22.5. The lowest BCUT2D eigenvalue weighted by molar-refractivity contribution is -0.110. The molecule has 1 saturated heterocycles. The molecule has 3 aromatic carbocycles. The van der Waals surface area contributed by atoms with Crippen LogP contribution >= 0.6 is 11.6 Å². The van der Waals surface area contributed by atoms with Crippen molar-refractivity contribution in [3.63, 3.8) is 0 Å². The minimum Gasteiger partial charge on any atom is -0.354 e. The number of benzene rings is 3. The average molecular weight is 473 g/mol. The summed E-state index contributed by atoms with van der Waals surface area (Å²) in [4.78, 5) is 30.0. The zero-order valence-electron chi connectivity index (χ0n) is 18.8. The fourth-order valence-corrected chi connectivity index (χ4v) is 4.48. The Kier molecular flexibility index (Phi) is 6.09. The lowest BCUT2D eigenvalue weighted by Crippen LogP contribution is -2.47. The lowest BCUT2D eigenvalue weighted by atomic mass is 10.00. The predicted molar refractivity (Wildman–Crippen MR) is 137 cm³/mol. The summed E-state index contributed by atoms with van der Waals surface area (Å²) in [5.41, 5.74) is 5.05. The van der Waals surface area contributed by atoms with E-state index in [9.17, 15) is 9.59 Å². The van der Waals surface area contributed by atoms with Crippen LogP contribution in [0.2, 0.25) is 5.02 Å². The van der Waals surface area contributed by atoms with E-state index >= 15 is 0 Å². The van der Waals surface area contributed by atoms with Crippen LogP contribution in [0.4, 0.5) is 11.4 Å². The van der Waals surface area contributed by atoms with Gasteiger partial charge in [-0.1, -0.05) is 48.0 Å². The molecule has 0 atom stereocenters. The summed E-state index contributed by atoms with van der Waals surface area (Å²) >= 11 is 6.13. The number of amides is 2. The molecule has 0 spiro atoms. The van der Waals surface area contributed by atoms with Crippen molar-refractivity contribution in [2.45, 2.75) is 0 Å². The average Bonchev–Trinajstić information content (AvgIpc) is 3.18. The van der Waals surface area contributed by atoms with Gasteiger partial charge >= 0.3 is 0 Å². The van der Waals surface area contributed by atoms with E-state index < -0.39 is 0 Å². The Hall–Kier alpha value is -3.61. The Morgan fingerprint density at radius 1 is 0.912 bits per heavy atom. The summed E-state index contributed by atoms with van der Waals surface area (Å²) in [6.45, 7) is 3.23. The first-order chi connectivity index (χ1) is 16.5. The van der Waals surface area contributed by atoms with Crippen LogP contribution in [0.3, 0.4) is 0 Å². The van der Waals surface area contributed by atoms with E-state index in [-0.39, 0.29) is 11.8 Å². The smallest absolute Gasteiger partial charge is 0.258 e. The molecule has 0 aliphatic carbocycles. The molecule has 3 aromatic rings. The fraction of sp³-hybridized carbons (Fsp3) is 0.185. The fourth-order valence-electron chi connectivity index (χ4n) is 4.31. The van der Waals surface area contributed by atoms with E-state index in [0.717, 1.165) is 43.0 Å². The van der Waals surface area contributed by atoms with Crippen LogP contribution in [0.1, 0.15) is 21.5 Å². The normalized spacial score (nSPS) is 17.2. The molecule has 0 radical (unpaired) electrons. The minimum atomic E-state index is -0.189. The lowest BCUT2D eigenvalue weighted by Gasteiger charge is -2.32. The number of anilines is 2. The third kappa shape index (κ3) is 4.42. The van der Waals surface area contributed by atoms with Gasteiger partial charge in [0, 0.05) is 48.0 Å². The number of hydrogen-bond donors (Lipinski definition) is 2. The predicted octanol–water partition coefficient (Wildman–Crippen LogP) is 4.66. The van der Waals surface area contributed by atoms with Gasteiger partial charge < -0.3 is 20.4 Å². The van der Waals surface area contributed by atoms with Crippen molar-refractivity contribution >= 4 is 46.1 Å². The number of rotatable bonds is 4. The van der Waals surface area contributed by atoms with Gasteiger partial charge in [0.25, 0.3) is 11.8 Å². The Morgan fingerprint density at radius 2 is 1.62 bits per heavy atom. The summed E-state index contributed by atoms with van der Waals surface area (Å²) < 4.78 is 0. The van der Waals surface area contributed by atoms with Crippen LogP contribution in [-0.4, -0.2) is 54.8 Å². The molecule has 2 heterocycles. The van der Waals surface area contributed by atoms with E-state index in [1.165, 1.54) is 0 Å². The second kappa shape index (κ2) is 9.33. The van der Waals surface area contributed by atoms with Crippen molar-refractivity contribution in [3.05, 3.63) is 94.5 Å². The van der Waals surface area contributed by atoms with E-state index in [1.807, 2.05) is 65.6 Å². The maximum Gasteiger partial charge on any atom is 0.258 e. The topological polar surface area (TPSA) is 64.7 Å². The van der Waals surface area contributed by atoms with Crippen molar-refractivity contribution in [1.82, 2.24) is 9.80 Å². The van der Waals surface area contributed by atoms with Crippen molar-refractivity contribution < 1.29 is 9.59 Å². The van der Waals surface area contributed by atoms with Gasteiger partial charge in [-0.2, -0.15) is 0 Å². The van der Waals surface area contributed by atoms with Gasteiger partial charge in [-0.05, 0) is 49.0 Å². The summed E-state index contributed by atoms with van der Waals surface area (Å²) in [6.07, 6.45) is 0. The van der Waals surface area contributed by atoms with E-state index in [2.05, 4.69) is 22.6 Å². The van der Waals surface area contributed by atoms with Crippen LogP contribution in [-0.2, 0) is 4.79 Å². The van der Waals surface area contributed by atoms with Gasteiger partial charge in [0.2, 0.25) is 0 Å². The molecule has 7 heteroatoms. The first-order valence-corrected chi connectivity index (χ1v) is 11.6. The van der Waals surface area contributed by atoms with Gasteiger partial charge in [0.1, 0.15) is 0 Å². The third-order valence-corrected chi connectivity index (χ3v) is 6.47. The molecule has 2 aliphatic rings. The van der Waals surface area contributed by atoms with Crippen molar-refractivity contribution in [3.8, 4) is 0 Å². The van der Waals surface area contributed by atoms with Gasteiger partial charge in [-0.3, -0.25) is 9.59 Å². The second-order valence-corrected chi connectivity index (χ2v) is 8.99. The highest BCUT2D eigenvalue weighted by Gasteiger charge is 2.28. The summed E-state index contributed by atoms with van der Waals surface area (Å²) in [7, 11) is 2.07. The minimum absolute atomic E-state index is 0.0438. The highest BCUT2D eigenvalue weighted by atomic mass is 35.5. The summed E-state index contributed by atoms with van der Waals surface area (Å²) in [5, 5.41) is 6.91. The highest BCUT2D eigenvalue weighted by molar-refractivity contribution is 6.38. The van der Waals surface area contributed by atoms with Gasteiger partial charge in [0.05, 0.1) is 17.0 Å². The number of halogens is 1. The molecule has 172 valence electrons. The van der Waals surface area contributed by atoms with Gasteiger partial charge in [-0.25, -0.2) is 0 Å². The molecule has 2 aliphatic heterocycles. The largest absolute Gasteiger partial charge is 0.354 e. The number of nitrogens with zero attached hydrogens (tertiary/aromatic N) is 2. The molecule has 34 heavy (non-hydrogen) atoms. The first kappa shape index (κ1) is 22.2. The van der Waals surface area contributed by atoms with Crippen molar-refractivity contribution in [2.75, 3.05) is 43.9 Å². The Morgan fingerprint density at radius 3 is 2.32 bits per heavy atom. The number of fused-ring (bicyclic) bond motifs is 1. The molecular weight excluding hydrogens is 448 g/mol. The molecule has 6 nitrogen and oxygen atoms in total. The zero-order chi connectivity index (χ0) is 23.7. The number of likely N-dealkylation sites (N-methyl/N-ethyl adjacent to an activating group) is 1. The van der Waals surface area contributed by atoms with Crippen molar-refractivity contribution in [1.29, 1.82) is 0 Å². The molecule has 5 rings (SSSR count). The number of carbonyl (C=O) groups is 2. The van der Waals surface area contributed by atoms with Crippen LogP contribution in [0.25, 0.3) is 11.3 Å². The van der Waals surface area contributed by atoms with Crippen LogP contribution in [0.15, 0.2) is 72.8 Å². The monoisotopic (exact) mass is 472 g/mol. The number of hydrogen-bond acceptors (Lipinski definition) is 4. The molecule has 0 unspecified atom stereocenters. The maximum absolute atomic E-state index is 13.0. The zero-order valence-corrected chi connectivity index (χ0v) is 19.6. The Labute approximate surface area is 203 Å². The molecule has 0 aromatic heterocycles. The standard InChI is InChI=1S/C27H25ClN4O2/c1-31-13-15-32(16-14-31)27(34)19-7-10-21(11-8-19)29-25(18-5-3-2-4-6-18)24-22-12-9-20(28)17-23(22)30-26(24)33/h2-12,17,29H,13-16H2,1H3,(H,30,33)/b25-24-. The van der Waals surface area contributed by atoms with Gasteiger partial charge in [0.15, 0.2) is 0 Å². The molecular formula is C27H25ClN4O2. The van der Waals surface area contributed by atoms with E-state index in [4.69, 9.17) is 11.6 Å². The van der Waals surface area contributed by atoms with E-state index in [0.29, 0.717) is 27.5 Å². The molecule has 0 bridgehead atoms. The highest BCUT2D eigenvalue weighted by Crippen LogP contribution is 2.38.